The van der Waals surface area contributed by atoms with E-state index in [9.17, 15) is 0 Å². The van der Waals surface area contributed by atoms with Crippen LogP contribution in [0.3, 0.4) is 0 Å². The van der Waals surface area contributed by atoms with Crippen molar-refractivity contribution in [2.24, 2.45) is 5.92 Å². The standard InChI is InChI=1S/C23H36BrN/c1-19(21-12-8-13-22(24)17-21)18-25-16-6-5-14-23(25)15-7-11-20-9-3-2-4-10-20/h8,12-13,17,19-20,23H,2-7,9-11,14-16,18H2,1H3. The molecule has 25 heavy (non-hydrogen) atoms. The van der Waals surface area contributed by atoms with E-state index in [-0.39, 0.29) is 0 Å². The highest BCUT2D eigenvalue weighted by Crippen LogP contribution is 2.30. The molecule has 1 saturated heterocycles. The average Bonchev–Trinajstić information content (AvgIpc) is 2.64. The summed E-state index contributed by atoms with van der Waals surface area (Å²) < 4.78 is 1.21. The van der Waals surface area contributed by atoms with Crippen LogP contribution in [0.1, 0.15) is 89.0 Å². The fraction of sp³-hybridized carbons (Fsp3) is 0.739. The van der Waals surface area contributed by atoms with Crippen molar-refractivity contribution < 1.29 is 0 Å². The molecule has 2 unspecified atom stereocenters. The Balaban J connectivity index is 1.48. The van der Waals surface area contributed by atoms with E-state index in [2.05, 4.69) is 52.0 Å². The quantitative estimate of drug-likeness (QED) is 0.464. The van der Waals surface area contributed by atoms with Crippen molar-refractivity contribution >= 4 is 15.9 Å². The van der Waals surface area contributed by atoms with E-state index >= 15 is 0 Å². The van der Waals surface area contributed by atoms with Gasteiger partial charge in [-0.15, -0.1) is 0 Å². The molecule has 1 aromatic rings. The third kappa shape index (κ3) is 6.10. The van der Waals surface area contributed by atoms with Crippen LogP contribution < -0.4 is 0 Å². The van der Waals surface area contributed by atoms with Crippen LogP contribution >= 0.6 is 15.9 Å². The SMILES string of the molecule is CC(CN1CCCCC1CCCC1CCCCC1)c1cccc(Br)c1. The van der Waals surface area contributed by atoms with Gasteiger partial charge in [-0.25, -0.2) is 0 Å². The van der Waals surface area contributed by atoms with Crippen molar-refractivity contribution in [2.75, 3.05) is 13.1 Å². The molecule has 1 heterocycles. The molecule has 0 aromatic heterocycles. The Bertz CT molecular complexity index is 509. The Kier molecular flexibility index (Phi) is 7.86. The fourth-order valence-electron chi connectivity index (χ4n) is 5.02. The summed E-state index contributed by atoms with van der Waals surface area (Å²) in [7, 11) is 0. The summed E-state index contributed by atoms with van der Waals surface area (Å²) >= 11 is 3.63. The third-order valence-electron chi connectivity index (χ3n) is 6.55. The predicted octanol–water partition coefficient (Wildman–Crippen LogP) is 7.16. The number of benzene rings is 1. The van der Waals surface area contributed by atoms with Crippen molar-refractivity contribution in [3.8, 4) is 0 Å². The summed E-state index contributed by atoms with van der Waals surface area (Å²) in [5.74, 6) is 1.67. The molecule has 3 rings (SSSR count). The lowest BCUT2D eigenvalue weighted by Crippen LogP contribution is -2.41. The number of likely N-dealkylation sites (tertiary alicyclic amines) is 1. The lowest BCUT2D eigenvalue weighted by atomic mass is 9.84. The van der Waals surface area contributed by atoms with E-state index < -0.39 is 0 Å². The van der Waals surface area contributed by atoms with Gasteiger partial charge in [0.05, 0.1) is 0 Å². The highest BCUT2D eigenvalue weighted by Gasteiger charge is 2.24. The summed E-state index contributed by atoms with van der Waals surface area (Å²) in [6.07, 6.45) is 16.1. The Morgan fingerprint density at radius 2 is 1.84 bits per heavy atom. The molecule has 0 amide bonds. The molecular weight excluding hydrogens is 370 g/mol. The lowest BCUT2D eigenvalue weighted by molar-refractivity contribution is 0.129. The van der Waals surface area contributed by atoms with Crippen LogP contribution in [0.25, 0.3) is 0 Å². The minimum Gasteiger partial charge on any atom is -0.300 e. The Morgan fingerprint density at radius 1 is 1.04 bits per heavy atom. The van der Waals surface area contributed by atoms with Gasteiger partial charge in [-0.3, -0.25) is 4.90 Å². The maximum Gasteiger partial charge on any atom is 0.0178 e. The minimum absolute atomic E-state index is 0.622. The number of hydrogen-bond donors (Lipinski definition) is 0. The van der Waals surface area contributed by atoms with E-state index in [1.165, 1.54) is 93.8 Å². The first kappa shape index (κ1) is 19.4. The highest BCUT2D eigenvalue weighted by molar-refractivity contribution is 9.10. The monoisotopic (exact) mass is 405 g/mol. The normalized spacial score (nSPS) is 24.3. The van der Waals surface area contributed by atoms with Crippen molar-refractivity contribution in [1.29, 1.82) is 0 Å². The molecule has 2 fully saturated rings. The average molecular weight is 406 g/mol. The van der Waals surface area contributed by atoms with Crippen LogP contribution in [0.2, 0.25) is 0 Å². The molecule has 2 aliphatic rings. The number of rotatable bonds is 7. The molecule has 1 aliphatic carbocycles. The second-order valence-corrected chi connectivity index (χ2v) is 9.45. The molecule has 1 nitrogen and oxygen atoms in total. The van der Waals surface area contributed by atoms with Gasteiger partial charge in [0.25, 0.3) is 0 Å². The zero-order valence-electron chi connectivity index (χ0n) is 16.1. The first-order chi connectivity index (χ1) is 12.2. The van der Waals surface area contributed by atoms with Crippen LogP contribution in [-0.4, -0.2) is 24.0 Å². The van der Waals surface area contributed by atoms with Gasteiger partial charge in [-0.1, -0.05) is 86.4 Å². The van der Waals surface area contributed by atoms with Crippen molar-refractivity contribution in [2.45, 2.75) is 89.5 Å². The van der Waals surface area contributed by atoms with Gasteiger partial charge in [0.1, 0.15) is 0 Å². The largest absolute Gasteiger partial charge is 0.300 e. The number of piperidine rings is 1. The number of hydrogen-bond acceptors (Lipinski definition) is 1. The molecular formula is C23H36BrN. The van der Waals surface area contributed by atoms with Gasteiger partial charge in [-0.05, 0) is 55.3 Å². The molecule has 140 valence electrons. The van der Waals surface area contributed by atoms with Crippen molar-refractivity contribution in [1.82, 2.24) is 4.90 Å². The smallest absolute Gasteiger partial charge is 0.0178 e. The van der Waals surface area contributed by atoms with E-state index in [4.69, 9.17) is 0 Å². The molecule has 0 N–H and O–H groups in total. The molecule has 1 aliphatic heterocycles. The Labute approximate surface area is 163 Å². The first-order valence-electron chi connectivity index (χ1n) is 10.7. The van der Waals surface area contributed by atoms with E-state index in [0.717, 1.165) is 12.0 Å². The summed E-state index contributed by atoms with van der Waals surface area (Å²) in [5.41, 5.74) is 1.47. The second-order valence-electron chi connectivity index (χ2n) is 8.54. The lowest BCUT2D eigenvalue weighted by Gasteiger charge is -2.38. The van der Waals surface area contributed by atoms with Gasteiger partial charge in [0, 0.05) is 17.1 Å². The molecule has 2 atom stereocenters. The van der Waals surface area contributed by atoms with E-state index in [0.29, 0.717) is 5.92 Å². The van der Waals surface area contributed by atoms with E-state index in [1.54, 1.807) is 0 Å². The van der Waals surface area contributed by atoms with Crippen LogP contribution in [0.15, 0.2) is 28.7 Å². The topological polar surface area (TPSA) is 3.24 Å². The number of halogens is 1. The highest BCUT2D eigenvalue weighted by atomic mass is 79.9. The Hall–Kier alpha value is -0.340. The summed E-state index contributed by atoms with van der Waals surface area (Å²) in [6, 6.07) is 9.73. The van der Waals surface area contributed by atoms with Gasteiger partial charge in [0.15, 0.2) is 0 Å². The van der Waals surface area contributed by atoms with Gasteiger partial charge in [0.2, 0.25) is 0 Å². The zero-order valence-corrected chi connectivity index (χ0v) is 17.6. The van der Waals surface area contributed by atoms with Crippen molar-refractivity contribution in [3.63, 3.8) is 0 Å². The zero-order chi connectivity index (χ0) is 17.5. The van der Waals surface area contributed by atoms with Crippen LogP contribution in [0.5, 0.6) is 0 Å². The van der Waals surface area contributed by atoms with Crippen LogP contribution in [-0.2, 0) is 0 Å². The second kappa shape index (κ2) is 10.1. The molecule has 2 heteroatoms. The summed E-state index contributed by atoms with van der Waals surface area (Å²) in [5, 5.41) is 0. The van der Waals surface area contributed by atoms with E-state index in [1.807, 2.05) is 0 Å². The van der Waals surface area contributed by atoms with Gasteiger partial charge >= 0.3 is 0 Å². The molecule has 0 spiro atoms. The first-order valence-corrected chi connectivity index (χ1v) is 11.5. The fourth-order valence-corrected chi connectivity index (χ4v) is 5.43. The maximum absolute atomic E-state index is 3.63. The van der Waals surface area contributed by atoms with Gasteiger partial charge in [-0.2, -0.15) is 0 Å². The predicted molar refractivity (Wildman–Crippen MR) is 112 cm³/mol. The molecule has 0 radical (unpaired) electrons. The van der Waals surface area contributed by atoms with Gasteiger partial charge < -0.3 is 0 Å². The third-order valence-corrected chi connectivity index (χ3v) is 7.04. The maximum atomic E-state index is 3.63. The van der Waals surface area contributed by atoms with Crippen molar-refractivity contribution in [3.05, 3.63) is 34.3 Å². The van der Waals surface area contributed by atoms with Crippen LogP contribution in [0.4, 0.5) is 0 Å². The summed E-state index contributed by atoms with van der Waals surface area (Å²) in [6.45, 7) is 4.94. The molecule has 0 bridgehead atoms. The summed E-state index contributed by atoms with van der Waals surface area (Å²) in [4.78, 5) is 2.82. The minimum atomic E-state index is 0.622. The Morgan fingerprint density at radius 3 is 2.64 bits per heavy atom. The van der Waals surface area contributed by atoms with Crippen LogP contribution in [0, 0.1) is 5.92 Å². The number of nitrogens with zero attached hydrogens (tertiary/aromatic N) is 1. The molecule has 1 aromatic carbocycles. The molecule has 1 saturated carbocycles.